The Bertz CT molecular complexity index is 311. The fraction of sp³-hybridized carbons (Fsp3) is 0.727. The van der Waals surface area contributed by atoms with Gasteiger partial charge in [0.25, 0.3) is 0 Å². The standard InChI is InChI=1S/C11H17NO5/c1-3-17-10(14)6-9(13)12(8-4-5-8)7-11(15)16-2/h8H,3-7H2,1-2H3. The van der Waals surface area contributed by atoms with E-state index in [0.717, 1.165) is 12.8 Å². The first-order valence-electron chi connectivity index (χ1n) is 5.60. The number of carbonyl (C=O) groups is 3. The minimum absolute atomic E-state index is 0.0658. The molecular formula is C11H17NO5. The predicted molar refractivity (Wildman–Crippen MR) is 58.0 cm³/mol. The molecule has 0 aromatic heterocycles. The van der Waals surface area contributed by atoms with Gasteiger partial charge >= 0.3 is 11.9 Å². The van der Waals surface area contributed by atoms with Crippen molar-refractivity contribution in [3.8, 4) is 0 Å². The largest absolute Gasteiger partial charge is 0.468 e. The lowest BCUT2D eigenvalue weighted by Gasteiger charge is -2.20. The molecule has 0 aromatic rings. The Kier molecular flexibility index (Phi) is 4.93. The van der Waals surface area contributed by atoms with E-state index in [4.69, 9.17) is 4.74 Å². The first-order chi connectivity index (χ1) is 8.08. The molecule has 0 radical (unpaired) electrons. The molecule has 0 aromatic carbocycles. The van der Waals surface area contributed by atoms with Crippen molar-refractivity contribution >= 4 is 17.8 Å². The third kappa shape index (κ3) is 4.42. The minimum Gasteiger partial charge on any atom is -0.468 e. The van der Waals surface area contributed by atoms with Crippen molar-refractivity contribution in [1.29, 1.82) is 0 Å². The minimum atomic E-state index is -0.562. The summed E-state index contributed by atoms with van der Waals surface area (Å²) in [6.07, 6.45) is 1.42. The predicted octanol–water partition coefficient (Wildman–Crippen LogP) is 0.104. The van der Waals surface area contributed by atoms with E-state index < -0.39 is 11.9 Å². The van der Waals surface area contributed by atoms with E-state index in [-0.39, 0.29) is 31.5 Å². The van der Waals surface area contributed by atoms with Crippen LogP contribution < -0.4 is 0 Å². The third-order valence-electron chi connectivity index (χ3n) is 2.44. The number of methoxy groups -OCH3 is 1. The van der Waals surface area contributed by atoms with Crippen molar-refractivity contribution < 1.29 is 23.9 Å². The average molecular weight is 243 g/mol. The van der Waals surface area contributed by atoms with Gasteiger partial charge in [-0.3, -0.25) is 14.4 Å². The van der Waals surface area contributed by atoms with Gasteiger partial charge in [-0.2, -0.15) is 0 Å². The van der Waals surface area contributed by atoms with Crippen molar-refractivity contribution in [2.45, 2.75) is 32.2 Å². The van der Waals surface area contributed by atoms with Gasteiger partial charge in [-0.15, -0.1) is 0 Å². The van der Waals surface area contributed by atoms with Gasteiger partial charge < -0.3 is 14.4 Å². The maximum absolute atomic E-state index is 11.8. The van der Waals surface area contributed by atoms with Crippen molar-refractivity contribution in [2.75, 3.05) is 20.3 Å². The van der Waals surface area contributed by atoms with Gasteiger partial charge in [0.05, 0.1) is 13.7 Å². The van der Waals surface area contributed by atoms with Crippen LogP contribution in [0.15, 0.2) is 0 Å². The highest BCUT2D eigenvalue weighted by molar-refractivity contribution is 5.95. The molecule has 0 atom stereocenters. The Morgan fingerprint density at radius 1 is 1.24 bits per heavy atom. The first-order valence-corrected chi connectivity index (χ1v) is 5.60. The van der Waals surface area contributed by atoms with E-state index in [0.29, 0.717) is 0 Å². The molecule has 6 heteroatoms. The molecule has 1 fully saturated rings. The summed E-state index contributed by atoms with van der Waals surface area (Å²) in [5.74, 6) is -1.42. The van der Waals surface area contributed by atoms with Crippen LogP contribution in [0.5, 0.6) is 0 Å². The number of esters is 2. The summed E-state index contributed by atoms with van der Waals surface area (Å²) >= 11 is 0. The van der Waals surface area contributed by atoms with E-state index in [9.17, 15) is 14.4 Å². The summed E-state index contributed by atoms with van der Waals surface area (Å²) in [4.78, 5) is 35.5. The summed E-state index contributed by atoms with van der Waals surface area (Å²) < 4.78 is 9.20. The van der Waals surface area contributed by atoms with Gasteiger partial charge in [-0.25, -0.2) is 0 Å². The SMILES string of the molecule is CCOC(=O)CC(=O)N(CC(=O)OC)C1CC1. The van der Waals surface area contributed by atoms with Crippen molar-refractivity contribution in [3.05, 3.63) is 0 Å². The number of hydrogen-bond acceptors (Lipinski definition) is 5. The van der Waals surface area contributed by atoms with E-state index in [1.165, 1.54) is 12.0 Å². The lowest BCUT2D eigenvalue weighted by molar-refractivity contribution is -0.153. The molecule has 1 saturated carbocycles. The van der Waals surface area contributed by atoms with Gasteiger partial charge in [0.15, 0.2) is 0 Å². The lowest BCUT2D eigenvalue weighted by Crippen LogP contribution is -2.39. The summed E-state index contributed by atoms with van der Waals surface area (Å²) in [6, 6.07) is 0.0658. The number of hydrogen-bond donors (Lipinski definition) is 0. The molecule has 0 saturated heterocycles. The summed E-state index contributed by atoms with van der Waals surface area (Å²) in [5, 5.41) is 0. The smallest absolute Gasteiger partial charge is 0.325 e. The van der Waals surface area contributed by atoms with Crippen molar-refractivity contribution in [1.82, 2.24) is 4.90 Å². The number of ether oxygens (including phenoxy) is 2. The highest BCUT2D eigenvalue weighted by Crippen LogP contribution is 2.27. The second kappa shape index (κ2) is 6.22. The van der Waals surface area contributed by atoms with Crippen molar-refractivity contribution in [3.63, 3.8) is 0 Å². The van der Waals surface area contributed by atoms with E-state index in [1.54, 1.807) is 6.92 Å². The highest BCUT2D eigenvalue weighted by atomic mass is 16.5. The van der Waals surface area contributed by atoms with Gasteiger partial charge in [0, 0.05) is 6.04 Å². The fourth-order valence-corrected chi connectivity index (χ4v) is 1.45. The van der Waals surface area contributed by atoms with Crippen LogP contribution in [-0.2, 0) is 23.9 Å². The van der Waals surface area contributed by atoms with Crippen LogP contribution in [-0.4, -0.2) is 49.0 Å². The molecule has 1 rings (SSSR count). The van der Waals surface area contributed by atoms with Crippen LogP contribution in [0.1, 0.15) is 26.2 Å². The Labute approximate surface area is 99.9 Å². The molecule has 0 heterocycles. The molecule has 6 nitrogen and oxygen atoms in total. The van der Waals surface area contributed by atoms with Crippen molar-refractivity contribution in [2.24, 2.45) is 0 Å². The maximum Gasteiger partial charge on any atom is 0.325 e. The zero-order valence-corrected chi connectivity index (χ0v) is 10.1. The zero-order valence-electron chi connectivity index (χ0n) is 10.1. The third-order valence-corrected chi connectivity index (χ3v) is 2.44. The summed E-state index contributed by atoms with van der Waals surface area (Å²) in [5.41, 5.74) is 0. The van der Waals surface area contributed by atoms with Crippen LogP contribution in [0.25, 0.3) is 0 Å². The quantitative estimate of drug-likeness (QED) is 0.489. The summed E-state index contributed by atoms with van der Waals surface area (Å²) in [6.45, 7) is 1.82. The monoisotopic (exact) mass is 243 g/mol. The van der Waals surface area contributed by atoms with Crippen LogP contribution >= 0.6 is 0 Å². The number of carbonyl (C=O) groups excluding carboxylic acids is 3. The Balaban J connectivity index is 2.49. The van der Waals surface area contributed by atoms with E-state index in [2.05, 4.69) is 4.74 Å². The van der Waals surface area contributed by atoms with Crippen LogP contribution in [0.3, 0.4) is 0 Å². The molecule has 0 N–H and O–H groups in total. The second-order valence-corrected chi connectivity index (χ2v) is 3.81. The highest BCUT2D eigenvalue weighted by Gasteiger charge is 2.34. The molecule has 1 aliphatic carbocycles. The van der Waals surface area contributed by atoms with Gasteiger partial charge in [-0.1, -0.05) is 0 Å². The Hall–Kier alpha value is -1.59. The average Bonchev–Trinajstić information content (AvgIpc) is 3.09. The van der Waals surface area contributed by atoms with E-state index in [1.807, 2.05) is 0 Å². The fourth-order valence-electron chi connectivity index (χ4n) is 1.45. The topological polar surface area (TPSA) is 72.9 Å². The van der Waals surface area contributed by atoms with Crippen LogP contribution in [0.4, 0.5) is 0 Å². The molecule has 0 bridgehead atoms. The normalized spacial score (nSPS) is 14.0. The molecule has 96 valence electrons. The van der Waals surface area contributed by atoms with Crippen LogP contribution in [0.2, 0.25) is 0 Å². The summed E-state index contributed by atoms with van der Waals surface area (Å²) in [7, 11) is 1.27. The number of nitrogens with zero attached hydrogens (tertiary/aromatic N) is 1. The molecule has 0 aliphatic heterocycles. The molecule has 1 aliphatic rings. The van der Waals surface area contributed by atoms with Gasteiger partial charge in [0.2, 0.25) is 5.91 Å². The molecule has 0 spiro atoms. The zero-order chi connectivity index (χ0) is 12.8. The molecule has 0 unspecified atom stereocenters. The Morgan fingerprint density at radius 2 is 1.88 bits per heavy atom. The molecule has 17 heavy (non-hydrogen) atoms. The van der Waals surface area contributed by atoms with Crippen LogP contribution in [0, 0.1) is 0 Å². The Morgan fingerprint density at radius 3 is 2.35 bits per heavy atom. The first kappa shape index (κ1) is 13.5. The second-order valence-electron chi connectivity index (χ2n) is 3.81. The maximum atomic E-state index is 11.8. The van der Waals surface area contributed by atoms with E-state index >= 15 is 0 Å². The molecule has 1 amide bonds. The lowest BCUT2D eigenvalue weighted by atomic mass is 10.3. The van der Waals surface area contributed by atoms with Gasteiger partial charge in [-0.05, 0) is 19.8 Å². The number of amides is 1. The molecular weight excluding hydrogens is 226 g/mol. The number of rotatable bonds is 6. The van der Waals surface area contributed by atoms with Gasteiger partial charge in [0.1, 0.15) is 13.0 Å².